The van der Waals surface area contributed by atoms with Gasteiger partial charge in [-0.15, -0.1) is 0 Å². The molecule has 188 valence electrons. The van der Waals surface area contributed by atoms with Crippen LogP contribution in [0.5, 0.6) is 5.75 Å². The summed E-state index contributed by atoms with van der Waals surface area (Å²) in [5, 5.41) is 9.34. The number of carboxylic acids is 1. The number of halogens is 1. The Bertz CT molecular complexity index is 1250. The summed E-state index contributed by atoms with van der Waals surface area (Å²) in [7, 11) is 0. The lowest BCUT2D eigenvalue weighted by atomic mass is 9.86. The Morgan fingerprint density at radius 2 is 1.81 bits per heavy atom. The van der Waals surface area contributed by atoms with Crippen molar-refractivity contribution >= 4 is 11.9 Å². The van der Waals surface area contributed by atoms with E-state index in [9.17, 15) is 19.1 Å². The Hall–Kier alpha value is -3.67. The first-order valence-electron chi connectivity index (χ1n) is 12.3. The molecule has 1 heterocycles. The van der Waals surface area contributed by atoms with E-state index in [4.69, 9.17) is 4.74 Å². The van der Waals surface area contributed by atoms with Crippen molar-refractivity contribution in [1.82, 2.24) is 4.90 Å². The molecule has 36 heavy (non-hydrogen) atoms. The number of rotatable bonds is 8. The molecule has 4 rings (SSSR count). The van der Waals surface area contributed by atoms with Crippen molar-refractivity contribution < 1.29 is 23.8 Å². The lowest BCUT2D eigenvalue weighted by Crippen LogP contribution is -2.39. The number of amides is 1. The summed E-state index contributed by atoms with van der Waals surface area (Å²) in [5.41, 5.74) is 4.02. The van der Waals surface area contributed by atoms with Gasteiger partial charge in [0.25, 0.3) is 5.91 Å². The van der Waals surface area contributed by atoms with Crippen LogP contribution in [0.15, 0.2) is 66.7 Å². The van der Waals surface area contributed by atoms with Crippen LogP contribution in [0.4, 0.5) is 4.39 Å². The number of carboxylic acid groups (broad SMARTS) is 1. The van der Waals surface area contributed by atoms with Gasteiger partial charge in [-0.05, 0) is 78.3 Å². The van der Waals surface area contributed by atoms with Crippen LogP contribution in [-0.2, 0) is 24.2 Å². The Balaban J connectivity index is 1.49. The molecule has 0 unspecified atom stereocenters. The molecule has 5 nitrogen and oxygen atoms in total. The molecule has 0 radical (unpaired) electrons. The van der Waals surface area contributed by atoms with Gasteiger partial charge in [-0.2, -0.15) is 0 Å². The molecule has 0 saturated carbocycles. The maximum absolute atomic E-state index is 13.6. The summed E-state index contributed by atoms with van der Waals surface area (Å²) in [4.78, 5) is 25.9. The monoisotopic (exact) mass is 489 g/mol. The predicted molar refractivity (Wildman–Crippen MR) is 137 cm³/mol. The molecule has 0 spiro atoms. The highest BCUT2D eigenvalue weighted by molar-refractivity contribution is 5.96. The van der Waals surface area contributed by atoms with Crippen LogP contribution in [-0.4, -0.2) is 34.0 Å². The normalized spacial score (nSPS) is 16.8. The van der Waals surface area contributed by atoms with Crippen molar-refractivity contribution in [3.63, 3.8) is 0 Å². The molecule has 3 aromatic carbocycles. The van der Waals surface area contributed by atoms with Crippen molar-refractivity contribution in [2.24, 2.45) is 0 Å². The van der Waals surface area contributed by atoms with Gasteiger partial charge >= 0.3 is 5.97 Å². The number of carbonyl (C=O) groups excluding carboxylic acids is 1. The number of nitrogens with zero attached hydrogens (tertiary/aromatic N) is 1. The van der Waals surface area contributed by atoms with Crippen LogP contribution in [0.3, 0.4) is 0 Å². The highest BCUT2D eigenvalue weighted by Crippen LogP contribution is 2.36. The van der Waals surface area contributed by atoms with Gasteiger partial charge in [-0.3, -0.25) is 9.59 Å². The van der Waals surface area contributed by atoms with E-state index in [1.807, 2.05) is 0 Å². The average molecular weight is 490 g/mol. The SMILES string of the molecule is CC(C)c1ccc(C[C@@]2(C)CCc3cc(C(=O)N(CC(=O)O)Cc4cccc(F)c4)ccc3O2)cc1. The molecular weight excluding hydrogens is 457 g/mol. The van der Waals surface area contributed by atoms with Crippen LogP contribution in [0.2, 0.25) is 0 Å². The zero-order valence-electron chi connectivity index (χ0n) is 21.0. The van der Waals surface area contributed by atoms with Crippen molar-refractivity contribution in [2.75, 3.05) is 6.54 Å². The maximum atomic E-state index is 13.6. The second kappa shape index (κ2) is 10.5. The molecule has 0 aromatic heterocycles. The topological polar surface area (TPSA) is 66.8 Å². The Kier molecular flexibility index (Phi) is 7.43. The molecule has 1 aliphatic heterocycles. The van der Waals surface area contributed by atoms with Gasteiger partial charge in [0, 0.05) is 18.5 Å². The van der Waals surface area contributed by atoms with Crippen LogP contribution in [0, 0.1) is 5.82 Å². The number of hydrogen-bond acceptors (Lipinski definition) is 3. The summed E-state index contributed by atoms with van der Waals surface area (Å²) in [6, 6.07) is 19.7. The molecule has 0 aliphatic carbocycles. The van der Waals surface area contributed by atoms with Gasteiger partial charge in [-0.25, -0.2) is 4.39 Å². The Morgan fingerprint density at radius 1 is 1.06 bits per heavy atom. The lowest BCUT2D eigenvalue weighted by Gasteiger charge is -2.36. The highest BCUT2D eigenvalue weighted by atomic mass is 19.1. The minimum Gasteiger partial charge on any atom is -0.487 e. The van der Waals surface area contributed by atoms with Gasteiger partial charge in [0.15, 0.2) is 0 Å². The molecule has 1 atom stereocenters. The summed E-state index contributed by atoms with van der Waals surface area (Å²) < 4.78 is 20.0. The fourth-order valence-corrected chi connectivity index (χ4v) is 4.70. The quantitative estimate of drug-likeness (QED) is 0.421. The molecule has 3 aromatic rings. The van der Waals surface area contributed by atoms with Crippen LogP contribution in [0.1, 0.15) is 65.7 Å². The van der Waals surface area contributed by atoms with E-state index in [1.165, 1.54) is 28.2 Å². The number of ether oxygens (including phenoxy) is 1. The Labute approximate surface area is 211 Å². The molecular formula is C30H32FNO4. The minimum absolute atomic E-state index is 0.00412. The number of aryl methyl sites for hydroxylation is 1. The number of carbonyl (C=O) groups is 2. The standard InChI is InChI=1S/C30H32FNO4/c1-20(2)23-9-7-21(8-10-23)17-30(3)14-13-24-16-25(11-12-27(24)36-30)29(35)32(19-28(33)34)18-22-5-4-6-26(31)15-22/h4-12,15-16,20H,13-14,17-19H2,1-3H3,(H,33,34)/t30-/m1/s1. The fourth-order valence-electron chi connectivity index (χ4n) is 4.70. The third kappa shape index (κ3) is 6.11. The molecule has 1 N–H and O–H groups in total. The van der Waals surface area contributed by atoms with E-state index in [0.29, 0.717) is 17.0 Å². The van der Waals surface area contributed by atoms with Gasteiger partial charge in [0.2, 0.25) is 0 Å². The molecule has 0 fully saturated rings. The summed E-state index contributed by atoms with van der Waals surface area (Å²) >= 11 is 0. The summed E-state index contributed by atoms with van der Waals surface area (Å²) in [6.45, 7) is 6.00. The molecule has 0 saturated heterocycles. The van der Waals surface area contributed by atoms with Crippen molar-refractivity contribution in [2.45, 2.75) is 58.1 Å². The Morgan fingerprint density at radius 3 is 2.47 bits per heavy atom. The molecule has 6 heteroatoms. The first-order valence-corrected chi connectivity index (χ1v) is 12.3. The maximum Gasteiger partial charge on any atom is 0.323 e. The van der Waals surface area contributed by atoms with E-state index < -0.39 is 24.2 Å². The van der Waals surface area contributed by atoms with Crippen LogP contribution >= 0.6 is 0 Å². The number of hydrogen-bond donors (Lipinski definition) is 1. The van der Waals surface area contributed by atoms with E-state index in [0.717, 1.165) is 30.6 Å². The van der Waals surface area contributed by atoms with Crippen molar-refractivity contribution in [3.8, 4) is 5.75 Å². The largest absolute Gasteiger partial charge is 0.487 e. The summed E-state index contributed by atoms with van der Waals surface area (Å²) in [6.07, 6.45) is 2.33. The lowest BCUT2D eigenvalue weighted by molar-refractivity contribution is -0.137. The summed E-state index contributed by atoms with van der Waals surface area (Å²) in [5.74, 6) is -0.736. The first-order chi connectivity index (χ1) is 17.1. The molecule has 1 amide bonds. The fraction of sp³-hybridized carbons (Fsp3) is 0.333. The minimum atomic E-state index is -1.13. The van der Waals surface area contributed by atoms with Crippen molar-refractivity contribution in [1.29, 1.82) is 0 Å². The third-order valence-electron chi connectivity index (χ3n) is 6.69. The van der Waals surface area contributed by atoms with Gasteiger partial charge < -0.3 is 14.7 Å². The van der Waals surface area contributed by atoms with E-state index in [-0.39, 0.29) is 12.1 Å². The zero-order chi connectivity index (χ0) is 25.9. The first kappa shape index (κ1) is 25.4. The highest BCUT2D eigenvalue weighted by Gasteiger charge is 2.32. The molecule has 0 bridgehead atoms. The second-order valence-corrected chi connectivity index (χ2v) is 10.1. The zero-order valence-corrected chi connectivity index (χ0v) is 21.0. The second-order valence-electron chi connectivity index (χ2n) is 10.1. The van der Waals surface area contributed by atoms with E-state index in [2.05, 4.69) is 45.0 Å². The number of benzene rings is 3. The third-order valence-corrected chi connectivity index (χ3v) is 6.69. The number of aliphatic carboxylic acids is 1. The van der Waals surface area contributed by atoms with Gasteiger partial charge in [0.1, 0.15) is 23.7 Å². The van der Waals surface area contributed by atoms with E-state index in [1.54, 1.807) is 30.3 Å². The average Bonchev–Trinajstić information content (AvgIpc) is 2.83. The molecule has 1 aliphatic rings. The number of fused-ring (bicyclic) bond motifs is 1. The smallest absolute Gasteiger partial charge is 0.323 e. The van der Waals surface area contributed by atoms with Crippen LogP contribution < -0.4 is 4.74 Å². The van der Waals surface area contributed by atoms with E-state index >= 15 is 0 Å². The van der Waals surface area contributed by atoms with Gasteiger partial charge in [0.05, 0.1) is 0 Å². The predicted octanol–water partition coefficient (Wildman–Crippen LogP) is 6.00. The van der Waals surface area contributed by atoms with Gasteiger partial charge in [-0.1, -0.05) is 50.2 Å². The van der Waals surface area contributed by atoms with Crippen LogP contribution in [0.25, 0.3) is 0 Å². The van der Waals surface area contributed by atoms with Crippen molar-refractivity contribution in [3.05, 3.63) is 100 Å².